The van der Waals surface area contributed by atoms with Gasteiger partial charge in [0.1, 0.15) is 5.75 Å². The molecule has 5 nitrogen and oxygen atoms in total. The van der Waals surface area contributed by atoms with E-state index in [1.807, 2.05) is 42.5 Å². The molecule has 2 N–H and O–H groups in total. The number of nitrogens with one attached hydrogen (secondary N) is 1. The molecule has 27 heavy (non-hydrogen) atoms. The highest BCUT2D eigenvalue weighted by Crippen LogP contribution is 2.27. The maximum atomic E-state index is 10.00. The first-order valence-electron chi connectivity index (χ1n) is 8.90. The number of rotatable bonds is 7. The number of methoxy groups -OCH3 is 1. The van der Waals surface area contributed by atoms with Crippen molar-refractivity contribution in [2.45, 2.75) is 38.8 Å². The Morgan fingerprint density at radius 1 is 1.11 bits per heavy atom. The Morgan fingerprint density at radius 3 is 2.52 bits per heavy atom. The lowest BCUT2D eigenvalue weighted by Gasteiger charge is -2.17. The van der Waals surface area contributed by atoms with Crippen LogP contribution in [-0.2, 0) is 13.0 Å². The van der Waals surface area contributed by atoms with E-state index in [1.54, 1.807) is 21.0 Å². The first-order chi connectivity index (χ1) is 12.9. The lowest BCUT2D eigenvalue weighted by Crippen LogP contribution is -2.19. The number of ether oxygens (including phenoxy) is 1. The molecular weight excluding hydrogens is 362 g/mol. The van der Waals surface area contributed by atoms with Crippen molar-refractivity contribution in [1.82, 2.24) is 10.2 Å². The van der Waals surface area contributed by atoms with Crippen LogP contribution in [0.3, 0.4) is 0 Å². The van der Waals surface area contributed by atoms with Crippen LogP contribution in [0.4, 0.5) is 5.82 Å². The maximum absolute atomic E-state index is 10.00. The van der Waals surface area contributed by atoms with Gasteiger partial charge in [0, 0.05) is 17.3 Å². The van der Waals surface area contributed by atoms with Crippen LogP contribution >= 0.6 is 11.6 Å². The minimum absolute atomic E-state index is 0.575. The number of nitrogens with zero attached hydrogens (tertiary/aromatic N) is 2. The van der Waals surface area contributed by atoms with E-state index in [-0.39, 0.29) is 0 Å². The molecule has 0 unspecified atom stereocenters. The quantitative estimate of drug-likeness (QED) is 0.621. The van der Waals surface area contributed by atoms with E-state index in [4.69, 9.17) is 16.3 Å². The average molecular weight is 386 g/mol. The van der Waals surface area contributed by atoms with Crippen LogP contribution in [0.2, 0.25) is 5.02 Å². The van der Waals surface area contributed by atoms with Gasteiger partial charge in [0.2, 0.25) is 0 Å². The molecule has 0 bridgehead atoms. The molecule has 142 valence electrons. The van der Waals surface area contributed by atoms with Crippen molar-refractivity contribution < 1.29 is 9.84 Å². The van der Waals surface area contributed by atoms with Gasteiger partial charge in [-0.3, -0.25) is 0 Å². The second-order valence-corrected chi connectivity index (χ2v) is 7.58. The summed E-state index contributed by atoms with van der Waals surface area (Å²) in [6.45, 7) is 4.18. The number of hydrogen-bond donors (Lipinski definition) is 2. The zero-order chi connectivity index (χ0) is 19.4. The lowest BCUT2D eigenvalue weighted by atomic mass is 9.99. The highest BCUT2D eigenvalue weighted by atomic mass is 35.5. The Hall–Kier alpha value is -2.37. The van der Waals surface area contributed by atoms with Crippen molar-refractivity contribution in [3.05, 3.63) is 58.7 Å². The van der Waals surface area contributed by atoms with Crippen molar-refractivity contribution in [1.29, 1.82) is 0 Å². The molecule has 3 aromatic rings. The van der Waals surface area contributed by atoms with E-state index in [0.29, 0.717) is 30.2 Å². The zero-order valence-electron chi connectivity index (χ0n) is 15.8. The fraction of sp³-hybridized carbons (Fsp3) is 0.333. The Labute approximate surface area is 164 Å². The van der Waals surface area contributed by atoms with Crippen LogP contribution in [0, 0.1) is 0 Å². The third-order valence-electron chi connectivity index (χ3n) is 4.41. The lowest BCUT2D eigenvalue weighted by molar-refractivity contribution is 0.0712. The second-order valence-electron chi connectivity index (χ2n) is 7.18. The van der Waals surface area contributed by atoms with E-state index in [0.717, 1.165) is 27.8 Å². The van der Waals surface area contributed by atoms with Gasteiger partial charge in [0.05, 0.1) is 23.4 Å². The van der Waals surface area contributed by atoms with Gasteiger partial charge in [-0.25, -0.2) is 0 Å². The molecule has 0 radical (unpaired) electrons. The second kappa shape index (κ2) is 8.11. The fourth-order valence-corrected chi connectivity index (χ4v) is 3.18. The molecule has 1 heterocycles. The molecule has 3 rings (SSSR count). The van der Waals surface area contributed by atoms with Gasteiger partial charge in [-0.15, -0.1) is 5.10 Å². The van der Waals surface area contributed by atoms with Crippen LogP contribution < -0.4 is 10.1 Å². The number of aliphatic hydroxyl groups is 1. The first-order valence-corrected chi connectivity index (χ1v) is 9.28. The maximum Gasteiger partial charge on any atom is 0.156 e. The number of aromatic nitrogens is 2. The molecule has 0 saturated heterocycles. The number of benzene rings is 2. The average Bonchev–Trinajstić information content (AvgIpc) is 2.64. The number of anilines is 1. The largest absolute Gasteiger partial charge is 0.495 e. The Bertz CT molecular complexity index is 938. The van der Waals surface area contributed by atoms with Crippen LogP contribution in [0.5, 0.6) is 5.75 Å². The van der Waals surface area contributed by atoms with E-state index in [9.17, 15) is 5.11 Å². The molecule has 0 atom stereocenters. The predicted octanol–water partition coefficient (Wildman–Crippen LogP) is 4.61. The van der Waals surface area contributed by atoms with Crippen molar-refractivity contribution >= 4 is 28.2 Å². The summed E-state index contributed by atoms with van der Waals surface area (Å²) in [5.41, 5.74) is 1.19. The van der Waals surface area contributed by atoms with Crippen LogP contribution in [-0.4, -0.2) is 28.0 Å². The number of fused-ring (bicyclic) bond motifs is 1. The molecule has 2 aromatic carbocycles. The van der Waals surface area contributed by atoms with Gasteiger partial charge in [-0.05, 0) is 44.4 Å². The van der Waals surface area contributed by atoms with Crippen molar-refractivity contribution in [2.75, 3.05) is 12.4 Å². The van der Waals surface area contributed by atoms with Crippen molar-refractivity contribution in [3.63, 3.8) is 0 Å². The van der Waals surface area contributed by atoms with E-state index < -0.39 is 5.60 Å². The number of aryl methyl sites for hydroxylation is 1. The zero-order valence-corrected chi connectivity index (χ0v) is 16.5. The molecule has 0 aliphatic carbocycles. The summed E-state index contributed by atoms with van der Waals surface area (Å²) in [7, 11) is 1.60. The molecule has 0 aliphatic rings. The highest BCUT2D eigenvalue weighted by molar-refractivity contribution is 6.32. The standard InChI is InChI=1S/C21H24ClN3O2/c1-21(2,26)11-10-18-15-6-4-5-7-16(15)20(25-24-18)23-13-14-8-9-19(27-3)17(22)12-14/h4-9,12,26H,10-11,13H2,1-3H3,(H,23,25). The SMILES string of the molecule is COc1ccc(CNc2nnc(CCC(C)(C)O)c3ccccc23)cc1Cl. The summed E-state index contributed by atoms with van der Waals surface area (Å²) in [4.78, 5) is 0. The Morgan fingerprint density at radius 2 is 1.85 bits per heavy atom. The topological polar surface area (TPSA) is 67.3 Å². The van der Waals surface area contributed by atoms with Crippen molar-refractivity contribution in [2.24, 2.45) is 0 Å². The van der Waals surface area contributed by atoms with E-state index >= 15 is 0 Å². The smallest absolute Gasteiger partial charge is 0.156 e. The molecular formula is C21H24ClN3O2. The normalized spacial score (nSPS) is 11.6. The highest BCUT2D eigenvalue weighted by Gasteiger charge is 2.15. The monoisotopic (exact) mass is 385 g/mol. The Kier molecular flexibility index (Phi) is 5.82. The number of hydrogen-bond acceptors (Lipinski definition) is 5. The van der Waals surface area contributed by atoms with Gasteiger partial charge < -0.3 is 15.2 Å². The van der Waals surface area contributed by atoms with Gasteiger partial charge in [-0.2, -0.15) is 5.10 Å². The van der Waals surface area contributed by atoms with Crippen molar-refractivity contribution in [3.8, 4) is 5.75 Å². The molecule has 0 saturated carbocycles. The molecule has 0 fully saturated rings. The van der Waals surface area contributed by atoms with Gasteiger partial charge in [0.25, 0.3) is 0 Å². The predicted molar refractivity (Wildman–Crippen MR) is 109 cm³/mol. The summed E-state index contributed by atoms with van der Waals surface area (Å²) in [5, 5.41) is 24.8. The minimum atomic E-state index is -0.729. The van der Waals surface area contributed by atoms with Gasteiger partial charge >= 0.3 is 0 Å². The van der Waals surface area contributed by atoms with E-state index in [1.165, 1.54) is 0 Å². The minimum Gasteiger partial charge on any atom is -0.495 e. The van der Waals surface area contributed by atoms with Crippen LogP contribution in [0.1, 0.15) is 31.5 Å². The molecule has 6 heteroatoms. The first kappa shape index (κ1) is 19.4. The molecule has 0 aliphatic heterocycles. The number of halogens is 1. The fourth-order valence-electron chi connectivity index (χ4n) is 2.90. The molecule has 1 aromatic heterocycles. The summed E-state index contributed by atoms with van der Waals surface area (Å²) < 4.78 is 5.19. The summed E-state index contributed by atoms with van der Waals surface area (Å²) >= 11 is 6.20. The van der Waals surface area contributed by atoms with Crippen LogP contribution in [0.15, 0.2) is 42.5 Å². The molecule has 0 amide bonds. The van der Waals surface area contributed by atoms with Crippen LogP contribution in [0.25, 0.3) is 10.8 Å². The molecule has 0 spiro atoms. The summed E-state index contributed by atoms with van der Waals surface area (Å²) in [6.07, 6.45) is 1.30. The van der Waals surface area contributed by atoms with E-state index in [2.05, 4.69) is 15.5 Å². The Balaban J connectivity index is 1.82. The third kappa shape index (κ3) is 4.87. The summed E-state index contributed by atoms with van der Waals surface area (Å²) in [6, 6.07) is 13.7. The summed E-state index contributed by atoms with van der Waals surface area (Å²) in [5.74, 6) is 1.38. The van der Waals surface area contributed by atoms with Gasteiger partial charge in [0.15, 0.2) is 5.82 Å². The van der Waals surface area contributed by atoms with Gasteiger partial charge in [-0.1, -0.05) is 41.9 Å². The third-order valence-corrected chi connectivity index (χ3v) is 4.71.